The minimum Gasteiger partial charge on any atom is -0.326 e. The maximum Gasteiger partial charge on any atom is 0.433 e. The first-order chi connectivity index (χ1) is 8.99. The minimum absolute atomic E-state index is 0.270. The Kier molecular flexibility index (Phi) is 3.50. The summed E-state index contributed by atoms with van der Waals surface area (Å²) in [7, 11) is 0. The molecule has 0 atom stereocenters. The van der Waals surface area contributed by atoms with Gasteiger partial charge in [0, 0.05) is 12.4 Å². The number of aromatic nitrogens is 3. The monoisotopic (exact) mass is 270 g/mol. The highest BCUT2D eigenvalue weighted by Crippen LogP contribution is 2.27. The number of rotatable bonds is 4. The van der Waals surface area contributed by atoms with Crippen molar-refractivity contribution in [3.63, 3.8) is 0 Å². The lowest BCUT2D eigenvalue weighted by Gasteiger charge is -2.06. The van der Waals surface area contributed by atoms with Crippen LogP contribution in [0.15, 0.2) is 30.7 Å². The summed E-state index contributed by atoms with van der Waals surface area (Å²) in [5.74, 6) is 0. The molecule has 0 saturated carbocycles. The Morgan fingerprint density at radius 2 is 2.11 bits per heavy atom. The van der Waals surface area contributed by atoms with Crippen molar-refractivity contribution in [1.29, 1.82) is 0 Å². The summed E-state index contributed by atoms with van der Waals surface area (Å²) in [5, 5.41) is 6.36. The molecule has 0 saturated heterocycles. The van der Waals surface area contributed by atoms with Crippen molar-refractivity contribution in [3.05, 3.63) is 42.0 Å². The van der Waals surface area contributed by atoms with Gasteiger partial charge < -0.3 is 5.32 Å². The van der Waals surface area contributed by atoms with Crippen molar-refractivity contribution in [3.8, 4) is 0 Å². The third-order valence-electron chi connectivity index (χ3n) is 2.32. The zero-order chi connectivity index (χ0) is 13.9. The van der Waals surface area contributed by atoms with Gasteiger partial charge in [0.25, 0.3) is 0 Å². The summed E-state index contributed by atoms with van der Waals surface area (Å²) in [5.41, 5.74) is 0.156. The molecule has 2 heterocycles. The predicted octanol–water partition coefficient (Wildman–Crippen LogP) is 1.91. The fraction of sp³-hybridized carbons (Fsp3) is 0.182. The van der Waals surface area contributed by atoms with E-state index in [1.54, 1.807) is 6.20 Å². The smallest absolute Gasteiger partial charge is 0.326 e. The number of amides is 1. The van der Waals surface area contributed by atoms with Crippen molar-refractivity contribution in [2.75, 3.05) is 5.32 Å². The number of carbonyl (C=O) groups excluding carboxylic acids is 1. The first kappa shape index (κ1) is 13.1. The van der Waals surface area contributed by atoms with E-state index in [0.717, 1.165) is 12.3 Å². The molecule has 1 N–H and O–H groups in total. The first-order valence-electron chi connectivity index (χ1n) is 5.24. The Balaban J connectivity index is 2.08. The third-order valence-corrected chi connectivity index (χ3v) is 2.32. The van der Waals surface area contributed by atoms with E-state index in [0.29, 0.717) is 17.7 Å². The summed E-state index contributed by atoms with van der Waals surface area (Å²) in [4.78, 5) is 13.6. The molecule has 0 aromatic carbocycles. The van der Waals surface area contributed by atoms with E-state index in [1.165, 1.54) is 16.9 Å². The van der Waals surface area contributed by atoms with Crippen LogP contribution in [0.4, 0.5) is 18.9 Å². The predicted molar refractivity (Wildman–Crippen MR) is 60.3 cm³/mol. The molecule has 0 aliphatic carbocycles. The molecule has 2 aromatic heterocycles. The zero-order valence-corrected chi connectivity index (χ0v) is 9.55. The Labute approximate surface area is 106 Å². The van der Waals surface area contributed by atoms with Crippen LogP contribution in [0.5, 0.6) is 0 Å². The Morgan fingerprint density at radius 3 is 2.68 bits per heavy atom. The molecule has 0 aliphatic heterocycles. The molecule has 2 aromatic rings. The molecular formula is C11H9F3N4O. The molecule has 19 heavy (non-hydrogen) atoms. The molecule has 1 amide bonds. The average molecular weight is 270 g/mol. The molecule has 0 spiro atoms. The van der Waals surface area contributed by atoms with Gasteiger partial charge in [0.2, 0.25) is 6.41 Å². The molecule has 0 radical (unpaired) electrons. The number of carbonyl (C=O) groups is 1. The Hall–Kier alpha value is -2.38. The quantitative estimate of drug-likeness (QED) is 0.863. The van der Waals surface area contributed by atoms with Crippen molar-refractivity contribution in [2.45, 2.75) is 12.7 Å². The maximum absolute atomic E-state index is 12.3. The van der Waals surface area contributed by atoms with Crippen LogP contribution in [0.2, 0.25) is 0 Å². The van der Waals surface area contributed by atoms with E-state index in [1.807, 2.05) is 0 Å². The summed E-state index contributed by atoms with van der Waals surface area (Å²) < 4.78 is 38.4. The lowest BCUT2D eigenvalue weighted by Crippen LogP contribution is -2.08. The van der Waals surface area contributed by atoms with Crippen LogP contribution in [-0.2, 0) is 17.5 Å². The number of hydrogen-bond donors (Lipinski definition) is 1. The van der Waals surface area contributed by atoms with E-state index in [2.05, 4.69) is 15.4 Å². The number of halogens is 3. The molecule has 8 heteroatoms. The highest BCUT2D eigenvalue weighted by Gasteiger charge is 2.31. The van der Waals surface area contributed by atoms with E-state index >= 15 is 0 Å². The van der Waals surface area contributed by atoms with E-state index < -0.39 is 11.9 Å². The molecule has 100 valence electrons. The molecule has 0 bridgehead atoms. The topological polar surface area (TPSA) is 59.8 Å². The van der Waals surface area contributed by atoms with Crippen LogP contribution in [0.25, 0.3) is 0 Å². The zero-order valence-electron chi connectivity index (χ0n) is 9.55. The van der Waals surface area contributed by atoms with Crippen molar-refractivity contribution in [2.24, 2.45) is 0 Å². The molecule has 0 unspecified atom stereocenters. The van der Waals surface area contributed by atoms with Gasteiger partial charge in [-0.1, -0.05) is 6.07 Å². The maximum atomic E-state index is 12.3. The van der Waals surface area contributed by atoms with E-state index in [4.69, 9.17) is 0 Å². The van der Waals surface area contributed by atoms with Crippen molar-refractivity contribution in [1.82, 2.24) is 14.8 Å². The Bertz CT molecular complexity index is 562. The summed E-state index contributed by atoms with van der Waals surface area (Å²) >= 11 is 0. The van der Waals surface area contributed by atoms with Gasteiger partial charge in [-0.3, -0.25) is 14.5 Å². The number of alkyl halides is 3. The van der Waals surface area contributed by atoms with E-state index in [9.17, 15) is 18.0 Å². The lowest BCUT2D eigenvalue weighted by atomic mass is 10.2. The number of anilines is 1. The molecule has 5 nitrogen and oxygen atoms in total. The van der Waals surface area contributed by atoms with Crippen molar-refractivity contribution >= 4 is 12.1 Å². The van der Waals surface area contributed by atoms with Gasteiger partial charge in [0.15, 0.2) is 0 Å². The third kappa shape index (κ3) is 3.30. The van der Waals surface area contributed by atoms with Gasteiger partial charge in [-0.15, -0.1) is 0 Å². The van der Waals surface area contributed by atoms with Gasteiger partial charge in [0.1, 0.15) is 5.69 Å². The van der Waals surface area contributed by atoms with Gasteiger partial charge in [0.05, 0.1) is 18.4 Å². The number of nitrogens with zero attached hydrogens (tertiary/aromatic N) is 3. The number of hydrogen-bond acceptors (Lipinski definition) is 3. The normalized spacial score (nSPS) is 11.3. The van der Waals surface area contributed by atoms with E-state index in [-0.39, 0.29) is 6.54 Å². The molecule has 2 rings (SSSR count). The van der Waals surface area contributed by atoms with Crippen LogP contribution >= 0.6 is 0 Å². The molecular weight excluding hydrogens is 261 g/mol. The van der Waals surface area contributed by atoms with Crippen LogP contribution in [0, 0.1) is 0 Å². The van der Waals surface area contributed by atoms with Gasteiger partial charge >= 0.3 is 6.18 Å². The van der Waals surface area contributed by atoms with Gasteiger partial charge in [-0.2, -0.15) is 18.3 Å². The molecule has 0 fully saturated rings. The summed E-state index contributed by atoms with van der Waals surface area (Å²) in [6.07, 6.45) is 0.224. The second kappa shape index (κ2) is 5.09. The fourth-order valence-corrected chi connectivity index (χ4v) is 1.47. The molecule has 0 aliphatic rings. The fourth-order valence-electron chi connectivity index (χ4n) is 1.47. The Morgan fingerprint density at radius 1 is 1.32 bits per heavy atom. The highest BCUT2D eigenvalue weighted by atomic mass is 19.4. The lowest BCUT2D eigenvalue weighted by molar-refractivity contribution is -0.141. The SMILES string of the molecule is O=CNc1cnn(Cc2ccc(C(F)(F)F)nc2)c1. The van der Waals surface area contributed by atoms with Crippen LogP contribution in [0.3, 0.4) is 0 Å². The van der Waals surface area contributed by atoms with Crippen LogP contribution in [0.1, 0.15) is 11.3 Å². The van der Waals surface area contributed by atoms with Gasteiger partial charge in [-0.05, 0) is 11.6 Å². The highest BCUT2D eigenvalue weighted by molar-refractivity contribution is 5.69. The summed E-state index contributed by atoms with van der Waals surface area (Å²) in [6, 6.07) is 2.26. The average Bonchev–Trinajstić information content (AvgIpc) is 2.77. The second-order valence-corrected chi connectivity index (χ2v) is 3.74. The first-order valence-corrected chi connectivity index (χ1v) is 5.24. The largest absolute Gasteiger partial charge is 0.433 e. The number of pyridine rings is 1. The standard InChI is InChI=1S/C11H9F3N4O/c12-11(13,14)10-2-1-8(3-15-10)5-18-6-9(4-17-18)16-7-19/h1-4,6-7H,5H2,(H,16,19). The van der Waals surface area contributed by atoms with Crippen LogP contribution < -0.4 is 5.32 Å². The number of nitrogens with one attached hydrogen (secondary N) is 1. The van der Waals surface area contributed by atoms with Crippen LogP contribution in [-0.4, -0.2) is 21.2 Å². The van der Waals surface area contributed by atoms with Crippen molar-refractivity contribution < 1.29 is 18.0 Å². The van der Waals surface area contributed by atoms with Gasteiger partial charge in [-0.25, -0.2) is 0 Å². The second-order valence-electron chi connectivity index (χ2n) is 3.74. The minimum atomic E-state index is -4.44. The summed E-state index contributed by atoms with van der Waals surface area (Å²) in [6.45, 7) is 0.270.